The number of nitrogens with zero attached hydrogens (tertiary/aromatic N) is 1. The Hall–Kier alpha value is -1.14. The maximum atomic E-state index is 11.8. The van der Waals surface area contributed by atoms with E-state index in [1.807, 2.05) is 0 Å². The van der Waals surface area contributed by atoms with Crippen LogP contribution in [0.4, 0.5) is 0 Å². The Morgan fingerprint density at radius 1 is 1.31 bits per heavy atom. The third-order valence-electron chi connectivity index (χ3n) is 2.10. The molecule has 0 saturated heterocycles. The fourth-order valence-electron chi connectivity index (χ4n) is 1.18. The molecule has 2 N–H and O–H groups in total. The Bertz CT molecular complexity index is 243. The molecule has 16 heavy (non-hydrogen) atoms. The summed E-state index contributed by atoms with van der Waals surface area (Å²) >= 11 is 0. The highest BCUT2D eigenvalue weighted by Gasteiger charge is 2.25. The number of hydrogen-bond donors (Lipinski definition) is 1. The highest BCUT2D eigenvalue weighted by Crippen LogP contribution is 2.02. The van der Waals surface area contributed by atoms with Crippen molar-refractivity contribution in [1.82, 2.24) is 4.90 Å². The van der Waals surface area contributed by atoms with E-state index in [9.17, 15) is 9.59 Å². The summed E-state index contributed by atoms with van der Waals surface area (Å²) in [5.74, 6) is -0.783. The van der Waals surface area contributed by atoms with Gasteiger partial charge in [0.15, 0.2) is 0 Å². The summed E-state index contributed by atoms with van der Waals surface area (Å²) in [4.78, 5) is 24.3. The molecule has 0 rings (SSSR count). The molecular formula is C10H20N2O4. The summed E-state index contributed by atoms with van der Waals surface area (Å²) in [6.45, 7) is 3.65. The lowest BCUT2D eigenvalue weighted by Crippen LogP contribution is -2.50. The molecule has 0 heterocycles. The molecule has 1 atom stereocenters. The fourth-order valence-corrected chi connectivity index (χ4v) is 1.18. The molecule has 0 aromatic heterocycles. The Kier molecular flexibility index (Phi) is 6.67. The van der Waals surface area contributed by atoms with Gasteiger partial charge in [-0.05, 0) is 13.8 Å². The van der Waals surface area contributed by atoms with Crippen molar-refractivity contribution in [2.24, 2.45) is 5.73 Å². The van der Waals surface area contributed by atoms with Crippen LogP contribution in [0.25, 0.3) is 0 Å². The highest BCUT2D eigenvalue weighted by molar-refractivity contribution is 5.86. The van der Waals surface area contributed by atoms with Gasteiger partial charge in [0.2, 0.25) is 5.91 Å². The van der Waals surface area contributed by atoms with Crippen LogP contribution in [-0.4, -0.2) is 56.2 Å². The maximum absolute atomic E-state index is 11.8. The van der Waals surface area contributed by atoms with E-state index in [1.54, 1.807) is 13.8 Å². The number of methoxy groups -OCH3 is 2. The van der Waals surface area contributed by atoms with Gasteiger partial charge >= 0.3 is 5.97 Å². The van der Waals surface area contributed by atoms with Gasteiger partial charge in [-0.1, -0.05) is 0 Å². The smallest absolute Gasteiger partial charge is 0.325 e. The molecule has 0 saturated carbocycles. The predicted molar refractivity (Wildman–Crippen MR) is 58.7 cm³/mol. The predicted octanol–water partition coefficient (Wildman–Crippen LogP) is -0.630. The molecule has 0 bridgehead atoms. The standard InChI is InChI=1S/C10H20N2O4/c1-7(2)12(5-9(13)16-4)10(14)8(11)6-15-3/h7-8H,5-6,11H2,1-4H3. The van der Waals surface area contributed by atoms with Gasteiger partial charge in [0.1, 0.15) is 12.6 Å². The summed E-state index contributed by atoms with van der Waals surface area (Å²) < 4.78 is 9.31. The summed E-state index contributed by atoms with van der Waals surface area (Å²) in [5.41, 5.74) is 5.62. The fraction of sp³-hybridized carbons (Fsp3) is 0.800. The third kappa shape index (κ3) is 4.59. The molecule has 0 aliphatic heterocycles. The van der Waals surface area contributed by atoms with E-state index in [2.05, 4.69) is 4.74 Å². The van der Waals surface area contributed by atoms with Gasteiger partial charge in [0.05, 0.1) is 13.7 Å². The van der Waals surface area contributed by atoms with Crippen LogP contribution in [-0.2, 0) is 19.1 Å². The quantitative estimate of drug-likeness (QED) is 0.617. The lowest BCUT2D eigenvalue weighted by molar-refractivity contribution is -0.149. The van der Waals surface area contributed by atoms with Crippen molar-refractivity contribution in [3.05, 3.63) is 0 Å². The van der Waals surface area contributed by atoms with Crippen LogP contribution in [0, 0.1) is 0 Å². The first-order valence-electron chi connectivity index (χ1n) is 5.05. The molecule has 1 amide bonds. The zero-order valence-electron chi connectivity index (χ0n) is 10.2. The van der Waals surface area contributed by atoms with Gasteiger partial charge in [0, 0.05) is 13.2 Å². The number of hydrogen-bond acceptors (Lipinski definition) is 5. The lowest BCUT2D eigenvalue weighted by atomic mass is 10.2. The lowest BCUT2D eigenvalue weighted by Gasteiger charge is -2.27. The maximum Gasteiger partial charge on any atom is 0.325 e. The van der Waals surface area contributed by atoms with Gasteiger partial charge in [-0.15, -0.1) is 0 Å². The van der Waals surface area contributed by atoms with E-state index in [-0.39, 0.29) is 25.1 Å². The van der Waals surface area contributed by atoms with Gasteiger partial charge in [-0.25, -0.2) is 0 Å². The number of esters is 1. The van der Waals surface area contributed by atoms with Gasteiger partial charge in [0.25, 0.3) is 0 Å². The molecule has 0 aromatic rings. The van der Waals surface area contributed by atoms with Gasteiger partial charge < -0.3 is 20.1 Å². The van der Waals surface area contributed by atoms with Crippen molar-refractivity contribution in [2.75, 3.05) is 27.4 Å². The Balaban J connectivity index is 4.52. The number of carbonyl (C=O) groups excluding carboxylic acids is 2. The van der Waals surface area contributed by atoms with Crippen molar-refractivity contribution in [1.29, 1.82) is 0 Å². The second kappa shape index (κ2) is 7.19. The normalized spacial score (nSPS) is 12.4. The minimum Gasteiger partial charge on any atom is -0.468 e. The highest BCUT2D eigenvalue weighted by atomic mass is 16.5. The zero-order valence-corrected chi connectivity index (χ0v) is 10.2. The average molecular weight is 232 g/mol. The minimum absolute atomic E-state index is 0.0928. The van der Waals surface area contributed by atoms with Crippen molar-refractivity contribution in [3.8, 4) is 0 Å². The Labute approximate surface area is 95.7 Å². The molecule has 94 valence electrons. The topological polar surface area (TPSA) is 81.9 Å². The number of ether oxygens (including phenoxy) is 2. The van der Waals surface area contributed by atoms with Crippen LogP contribution in [0.15, 0.2) is 0 Å². The zero-order chi connectivity index (χ0) is 12.7. The summed E-state index contributed by atoms with van der Waals surface area (Å²) in [6.07, 6.45) is 0. The number of amides is 1. The number of rotatable bonds is 6. The monoisotopic (exact) mass is 232 g/mol. The minimum atomic E-state index is -0.753. The van der Waals surface area contributed by atoms with E-state index >= 15 is 0 Å². The Morgan fingerprint density at radius 2 is 1.88 bits per heavy atom. The first-order chi connectivity index (χ1) is 7.43. The Morgan fingerprint density at radius 3 is 2.25 bits per heavy atom. The van der Waals surface area contributed by atoms with Crippen LogP contribution in [0.2, 0.25) is 0 Å². The summed E-state index contributed by atoms with van der Waals surface area (Å²) in [5, 5.41) is 0. The molecule has 0 aliphatic carbocycles. The third-order valence-corrected chi connectivity index (χ3v) is 2.10. The average Bonchev–Trinajstić information content (AvgIpc) is 2.24. The molecule has 0 aliphatic rings. The van der Waals surface area contributed by atoms with Crippen molar-refractivity contribution in [3.63, 3.8) is 0 Å². The largest absolute Gasteiger partial charge is 0.468 e. The second-order valence-corrected chi connectivity index (χ2v) is 3.70. The second-order valence-electron chi connectivity index (χ2n) is 3.70. The molecule has 0 aromatic carbocycles. The number of nitrogens with two attached hydrogens (primary N) is 1. The van der Waals surface area contributed by atoms with E-state index < -0.39 is 12.0 Å². The van der Waals surface area contributed by atoms with E-state index in [1.165, 1.54) is 19.1 Å². The van der Waals surface area contributed by atoms with Crippen LogP contribution in [0.5, 0.6) is 0 Å². The first-order valence-corrected chi connectivity index (χ1v) is 5.05. The van der Waals surface area contributed by atoms with Gasteiger partial charge in [-0.3, -0.25) is 9.59 Å². The molecule has 1 unspecified atom stereocenters. The first kappa shape index (κ1) is 14.9. The molecule has 6 nitrogen and oxygen atoms in total. The van der Waals surface area contributed by atoms with Gasteiger partial charge in [-0.2, -0.15) is 0 Å². The van der Waals surface area contributed by atoms with Crippen molar-refractivity contribution in [2.45, 2.75) is 25.9 Å². The molecule has 0 radical (unpaired) electrons. The molecule has 6 heteroatoms. The van der Waals surface area contributed by atoms with E-state index in [0.29, 0.717) is 0 Å². The van der Waals surface area contributed by atoms with Crippen molar-refractivity contribution < 1.29 is 19.1 Å². The van der Waals surface area contributed by atoms with Crippen LogP contribution in [0.1, 0.15) is 13.8 Å². The number of carbonyl (C=O) groups is 2. The molecule has 0 spiro atoms. The summed E-state index contributed by atoms with van der Waals surface area (Å²) in [6, 6.07) is -0.869. The van der Waals surface area contributed by atoms with Crippen LogP contribution < -0.4 is 5.73 Å². The van der Waals surface area contributed by atoms with E-state index in [4.69, 9.17) is 10.5 Å². The van der Waals surface area contributed by atoms with Crippen molar-refractivity contribution >= 4 is 11.9 Å². The molecule has 0 fully saturated rings. The molecular weight excluding hydrogens is 212 g/mol. The van der Waals surface area contributed by atoms with Crippen LogP contribution in [0.3, 0.4) is 0 Å². The van der Waals surface area contributed by atoms with E-state index in [0.717, 1.165) is 0 Å². The van der Waals surface area contributed by atoms with Crippen LogP contribution >= 0.6 is 0 Å². The summed E-state index contributed by atoms with van der Waals surface area (Å²) in [7, 11) is 2.74. The SMILES string of the molecule is COCC(N)C(=O)N(CC(=O)OC)C(C)C.